The van der Waals surface area contributed by atoms with Gasteiger partial charge in [0.05, 0.1) is 28.0 Å². The van der Waals surface area contributed by atoms with Crippen LogP contribution in [0, 0.1) is 0 Å². The molecule has 1 heterocycles. The van der Waals surface area contributed by atoms with Gasteiger partial charge in [-0.1, -0.05) is 29.3 Å². The molecule has 3 aromatic rings. The predicted molar refractivity (Wildman–Crippen MR) is 96.3 cm³/mol. The number of hydrogen-bond acceptors (Lipinski definition) is 2. The first-order valence-electron chi connectivity index (χ1n) is 7.86. The van der Waals surface area contributed by atoms with Gasteiger partial charge in [0.1, 0.15) is 5.82 Å². The van der Waals surface area contributed by atoms with Crippen molar-refractivity contribution in [2.75, 3.05) is 0 Å². The second-order valence-electron chi connectivity index (χ2n) is 6.08. The number of H-pyrrole nitrogens is 1. The van der Waals surface area contributed by atoms with Crippen LogP contribution in [-0.2, 0) is 17.4 Å². The van der Waals surface area contributed by atoms with E-state index < -0.39 is 28.6 Å². The highest BCUT2D eigenvalue weighted by molar-refractivity contribution is 6.31. The lowest BCUT2D eigenvalue weighted by Gasteiger charge is -2.17. The van der Waals surface area contributed by atoms with E-state index in [2.05, 4.69) is 9.97 Å². The fourth-order valence-corrected chi connectivity index (χ4v) is 3.29. The first-order chi connectivity index (χ1) is 12.6. The van der Waals surface area contributed by atoms with Gasteiger partial charge in [-0.2, -0.15) is 13.2 Å². The average molecular weight is 417 g/mol. The number of aromatic amines is 1. The van der Waals surface area contributed by atoms with E-state index >= 15 is 0 Å². The predicted octanol–water partition coefficient (Wildman–Crippen LogP) is 5.69. The number of fused-ring (bicyclic) bond motifs is 1. The van der Waals surface area contributed by atoms with E-state index in [1.54, 1.807) is 18.2 Å². The molecule has 0 fully saturated rings. The summed E-state index contributed by atoms with van der Waals surface area (Å²) in [6.07, 6.45) is -4.86. The number of carboxylic acid groups (broad SMARTS) is 1. The van der Waals surface area contributed by atoms with Crippen LogP contribution in [0.15, 0.2) is 36.4 Å². The number of benzene rings is 2. The molecule has 2 N–H and O–H groups in total. The van der Waals surface area contributed by atoms with E-state index in [1.807, 2.05) is 0 Å². The van der Waals surface area contributed by atoms with Crippen LogP contribution in [0.25, 0.3) is 11.0 Å². The van der Waals surface area contributed by atoms with Gasteiger partial charge in [0, 0.05) is 17.4 Å². The normalized spacial score (nSPS) is 13.1. The Morgan fingerprint density at radius 1 is 1.19 bits per heavy atom. The molecule has 0 radical (unpaired) electrons. The third-order valence-corrected chi connectivity index (χ3v) is 4.69. The Hall–Kier alpha value is -2.25. The maximum absolute atomic E-state index is 13.1. The largest absolute Gasteiger partial charge is 0.481 e. The summed E-state index contributed by atoms with van der Waals surface area (Å²) in [5, 5.41) is 9.25. The third-order valence-electron chi connectivity index (χ3n) is 4.12. The number of imidazole rings is 1. The molecule has 0 saturated heterocycles. The number of carbonyl (C=O) groups is 1. The standard InChI is InChI=1S/C18H13Cl2F3N2O2/c19-11-2-4-14-15(8-11)25-16(24-14)6-10(7-17(26)27)9-1-3-13(20)12(5-9)18(21,22)23/h1-5,8,10H,6-7H2,(H,24,25)(H,26,27). The Labute approximate surface area is 161 Å². The monoisotopic (exact) mass is 416 g/mol. The van der Waals surface area contributed by atoms with Crippen molar-refractivity contribution in [2.45, 2.75) is 24.9 Å². The van der Waals surface area contributed by atoms with Crippen LogP contribution in [0.3, 0.4) is 0 Å². The van der Waals surface area contributed by atoms with Gasteiger partial charge in [-0.15, -0.1) is 0 Å². The first-order valence-corrected chi connectivity index (χ1v) is 8.61. The fraction of sp³-hybridized carbons (Fsp3) is 0.222. The molecule has 142 valence electrons. The van der Waals surface area contributed by atoms with E-state index in [1.165, 1.54) is 6.07 Å². The minimum atomic E-state index is -4.63. The summed E-state index contributed by atoms with van der Waals surface area (Å²) in [5.74, 6) is -1.37. The van der Waals surface area contributed by atoms with Gasteiger partial charge in [0.25, 0.3) is 0 Å². The van der Waals surface area contributed by atoms with E-state index in [9.17, 15) is 23.1 Å². The van der Waals surface area contributed by atoms with Crippen LogP contribution in [-0.4, -0.2) is 21.0 Å². The van der Waals surface area contributed by atoms with Crippen molar-refractivity contribution in [3.63, 3.8) is 0 Å². The number of aromatic nitrogens is 2. The Kier molecular flexibility index (Phi) is 5.35. The van der Waals surface area contributed by atoms with E-state index in [0.29, 0.717) is 21.9 Å². The minimum absolute atomic E-state index is 0.123. The molecule has 0 aliphatic carbocycles. The van der Waals surface area contributed by atoms with Gasteiger partial charge < -0.3 is 10.1 Å². The van der Waals surface area contributed by atoms with Crippen molar-refractivity contribution in [2.24, 2.45) is 0 Å². The van der Waals surface area contributed by atoms with Crippen molar-refractivity contribution in [1.29, 1.82) is 0 Å². The number of aliphatic carboxylic acids is 1. The third kappa shape index (κ3) is 4.54. The SMILES string of the molecule is O=C(O)CC(Cc1nc2cc(Cl)ccc2[nH]1)c1ccc(Cl)c(C(F)(F)F)c1. The molecule has 0 aliphatic rings. The molecular formula is C18H13Cl2F3N2O2. The van der Waals surface area contributed by atoms with Crippen molar-refractivity contribution < 1.29 is 23.1 Å². The number of nitrogens with zero attached hydrogens (tertiary/aromatic N) is 1. The molecule has 0 spiro atoms. The number of carboxylic acids is 1. The highest BCUT2D eigenvalue weighted by atomic mass is 35.5. The molecule has 0 amide bonds. The Morgan fingerprint density at radius 2 is 1.93 bits per heavy atom. The summed E-state index contributed by atoms with van der Waals surface area (Å²) in [6.45, 7) is 0. The summed E-state index contributed by atoms with van der Waals surface area (Å²) >= 11 is 11.6. The Balaban J connectivity index is 1.97. The van der Waals surface area contributed by atoms with E-state index in [-0.39, 0.29) is 18.4 Å². The van der Waals surface area contributed by atoms with Crippen LogP contribution in [0.1, 0.15) is 29.3 Å². The highest BCUT2D eigenvalue weighted by Gasteiger charge is 2.34. The smallest absolute Gasteiger partial charge is 0.417 e. The molecule has 0 saturated carbocycles. The Bertz CT molecular complexity index is 1000. The molecule has 2 aromatic carbocycles. The highest BCUT2D eigenvalue weighted by Crippen LogP contribution is 2.37. The number of rotatable bonds is 5. The zero-order valence-corrected chi connectivity index (χ0v) is 15.2. The summed E-state index contributed by atoms with van der Waals surface area (Å²) in [7, 11) is 0. The van der Waals surface area contributed by atoms with E-state index in [4.69, 9.17) is 23.2 Å². The molecule has 1 aromatic heterocycles. The fourth-order valence-electron chi connectivity index (χ4n) is 2.89. The quantitative estimate of drug-likeness (QED) is 0.561. The molecular weight excluding hydrogens is 404 g/mol. The molecule has 3 rings (SSSR count). The van der Waals surface area contributed by atoms with Gasteiger partial charge >= 0.3 is 12.1 Å². The maximum Gasteiger partial charge on any atom is 0.417 e. The van der Waals surface area contributed by atoms with Gasteiger partial charge in [-0.3, -0.25) is 4.79 Å². The molecule has 9 heteroatoms. The number of halogens is 5. The zero-order chi connectivity index (χ0) is 19.8. The molecule has 0 aliphatic heterocycles. The molecule has 27 heavy (non-hydrogen) atoms. The molecule has 0 bridgehead atoms. The van der Waals surface area contributed by atoms with Crippen molar-refractivity contribution >= 4 is 40.2 Å². The number of hydrogen-bond donors (Lipinski definition) is 2. The van der Waals surface area contributed by atoms with Gasteiger partial charge in [-0.05, 0) is 35.9 Å². The number of nitrogens with one attached hydrogen (secondary N) is 1. The van der Waals surface area contributed by atoms with Crippen LogP contribution >= 0.6 is 23.2 Å². The lowest BCUT2D eigenvalue weighted by atomic mass is 9.91. The van der Waals surface area contributed by atoms with Gasteiger partial charge in [0.2, 0.25) is 0 Å². The molecule has 1 unspecified atom stereocenters. The lowest BCUT2D eigenvalue weighted by molar-refractivity contribution is -0.138. The van der Waals surface area contributed by atoms with Crippen LogP contribution in [0.4, 0.5) is 13.2 Å². The zero-order valence-electron chi connectivity index (χ0n) is 13.6. The van der Waals surface area contributed by atoms with Crippen LogP contribution in [0.2, 0.25) is 10.0 Å². The molecule has 4 nitrogen and oxygen atoms in total. The lowest BCUT2D eigenvalue weighted by Crippen LogP contribution is -2.12. The van der Waals surface area contributed by atoms with Crippen LogP contribution < -0.4 is 0 Å². The Morgan fingerprint density at radius 3 is 2.59 bits per heavy atom. The first kappa shape index (κ1) is 19.5. The molecule has 1 atom stereocenters. The summed E-state index contributed by atoms with van der Waals surface area (Å²) in [4.78, 5) is 18.6. The van der Waals surface area contributed by atoms with Gasteiger partial charge in [0.15, 0.2) is 0 Å². The van der Waals surface area contributed by atoms with Crippen molar-refractivity contribution in [1.82, 2.24) is 9.97 Å². The summed E-state index contributed by atoms with van der Waals surface area (Å²) in [6, 6.07) is 8.49. The maximum atomic E-state index is 13.1. The van der Waals surface area contributed by atoms with E-state index in [0.717, 1.165) is 12.1 Å². The second kappa shape index (κ2) is 7.40. The second-order valence-corrected chi connectivity index (χ2v) is 6.92. The van der Waals surface area contributed by atoms with Crippen molar-refractivity contribution in [3.05, 3.63) is 63.4 Å². The van der Waals surface area contributed by atoms with Crippen molar-refractivity contribution in [3.8, 4) is 0 Å². The average Bonchev–Trinajstić information content (AvgIpc) is 2.94. The van der Waals surface area contributed by atoms with Gasteiger partial charge in [-0.25, -0.2) is 4.98 Å². The summed E-state index contributed by atoms with van der Waals surface area (Å²) < 4.78 is 39.4. The summed E-state index contributed by atoms with van der Waals surface area (Å²) in [5.41, 5.74) is 0.537. The number of alkyl halides is 3. The topological polar surface area (TPSA) is 66.0 Å². The van der Waals surface area contributed by atoms with Crippen LogP contribution in [0.5, 0.6) is 0 Å². The minimum Gasteiger partial charge on any atom is -0.481 e.